The van der Waals surface area contributed by atoms with Crippen LogP contribution in [0.4, 0.5) is 0 Å². The molecule has 1 amide bonds. The van der Waals surface area contributed by atoms with Crippen LogP contribution in [0, 0.1) is 0 Å². The minimum atomic E-state index is -0.473. The molecule has 19 heavy (non-hydrogen) atoms. The van der Waals surface area contributed by atoms with Gasteiger partial charge in [-0.25, -0.2) is 0 Å². The molecule has 3 heteroatoms. The minimum Gasteiger partial charge on any atom is -0.334 e. The lowest BCUT2D eigenvalue weighted by atomic mass is 10.1. The molecule has 0 radical (unpaired) electrons. The SMILES string of the molecule is CCc1ccc(CN(C(=O)C(C)(C)Br)C2CC2)cc1. The van der Waals surface area contributed by atoms with E-state index in [9.17, 15) is 4.79 Å². The van der Waals surface area contributed by atoms with Crippen molar-refractivity contribution in [3.63, 3.8) is 0 Å². The number of rotatable bonds is 5. The van der Waals surface area contributed by atoms with E-state index in [1.54, 1.807) is 0 Å². The highest BCUT2D eigenvalue weighted by Gasteiger charge is 2.38. The third-order valence-electron chi connectivity index (χ3n) is 3.54. The van der Waals surface area contributed by atoms with Gasteiger partial charge in [0.25, 0.3) is 0 Å². The quantitative estimate of drug-likeness (QED) is 0.752. The second kappa shape index (κ2) is 5.66. The molecule has 1 aromatic rings. The van der Waals surface area contributed by atoms with E-state index in [1.807, 2.05) is 18.7 Å². The molecular weight excluding hydrogens is 302 g/mol. The van der Waals surface area contributed by atoms with Gasteiger partial charge in [-0.15, -0.1) is 0 Å². The normalized spacial score (nSPS) is 15.4. The van der Waals surface area contributed by atoms with E-state index in [1.165, 1.54) is 11.1 Å². The first-order valence-corrected chi connectivity index (χ1v) is 7.79. The second-order valence-electron chi connectivity index (χ2n) is 5.81. The van der Waals surface area contributed by atoms with Crippen molar-refractivity contribution in [1.29, 1.82) is 0 Å². The Labute approximate surface area is 124 Å². The summed E-state index contributed by atoms with van der Waals surface area (Å²) in [6.07, 6.45) is 3.34. The van der Waals surface area contributed by atoms with Crippen molar-refractivity contribution < 1.29 is 4.79 Å². The lowest BCUT2D eigenvalue weighted by Crippen LogP contribution is -2.42. The number of nitrogens with zero attached hydrogens (tertiary/aromatic N) is 1. The van der Waals surface area contributed by atoms with E-state index in [4.69, 9.17) is 0 Å². The number of carbonyl (C=O) groups excluding carboxylic acids is 1. The van der Waals surface area contributed by atoms with Crippen LogP contribution in [-0.2, 0) is 17.8 Å². The summed E-state index contributed by atoms with van der Waals surface area (Å²) in [5.41, 5.74) is 2.56. The Kier molecular flexibility index (Phi) is 4.34. The predicted octanol–water partition coefficient (Wildman–Crippen LogP) is 3.91. The molecular formula is C16H22BrNO. The molecule has 0 N–H and O–H groups in total. The number of hydrogen-bond acceptors (Lipinski definition) is 1. The van der Waals surface area contributed by atoms with Crippen molar-refractivity contribution in [3.8, 4) is 0 Å². The number of aryl methyl sites for hydroxylation is 1. The molecule has 0 aliphatic heterocycles. The number of halogens is 1. The molecule has 0 spiro atoms. The van der Waals surface area contributed by atoms with Gasteiger partial charge in [-0.05, 0) is 44.2 Å². The Balaban J connectivity index is 2.10. The predicted molar refractivity (Wildman–Crippen MR) is 82.4 cm³/mol. The average molecular weight is 324 g/mol. The van der Waals surface area contributed by atoms with Crippen LogP contribution < -0.4 is 0 Å². The van der Waals surface area contributed by atoms with Gasteiger partial charge in [0.1, 0.15) is 0 Å². The molecule has 1 saturated carbocycles. The molecule has 1 aliphatic rings. The van der Waals surface area contributed by atoms with Crippen molar-refractivity contribution >= 4 is 21.8 Å². The third-order valence-corrected chi connectivity index (χ3v) is 3.88. The van der Waals surface area contributed by atoms with Crippen LogP contribution in [0.1, 0.15) is 44.7 Å². The molecule has 0 unspecified atom stereocenters. The lowest BCUT2D eigenvalue weighted by molar-refractivity contribution is -0.134. The lowest BCUT2D eigenvalue weighted by Gasteiger charge is -2.28. The van der Waals surface area contributed by atoms with Gasteiger partial charge in [-0.1, -0.05) is 47.1 Å². The highest BCUT2D eigenvalue weighted by atomic mass is 79.9. The molecule has 104 valence electrons. The molecule has 0 atom stereocenters. The van der Waals surface area contributed by atoms with Crippen LogP contribution in [0.3, 0.4) is 0 Å². The average Bonchev–Trinajstić information content (AvgIpc) is 3.19. The van der Waals surface area contributed by atoms with Gasteiger partial charge in [0.2, 0.25) is 5.91 Å². The molecule has 0 saturated heterocycles. The van der Waals surface area contributed by atoms with Gasteiger partial charge >= 0.3 is 0 Å². The number of hydrogen-bond donors (Lipinski definition) is 0. The third kappa shape index (κ3) is 3.82. The summed E-state index contributed by atoms with van der Waals surface area (Å²) in [7, 11) is 0. The van der Waals surface area contributed by atoms with E-state index in [0.29, 0.717) is 6.04 Å². The Bertz CT molecular complexity index is 443. The van der Waals surface area contributed by atoms with Crippen LogP contribution in [0.25, 0.3) is 0 Å². The summed E-state index contributed by atoms with van der Waals surface area (Å²) in [5.74, 6) is 0.189. The van der Waals surface area contributed by atoms with Crippen molar-refractivity contribution in [2.24, 2.45) is 0 Å². The maximum absolute atomic E-state index is 12.5. The van der Waals surface area contributed by atoms with E-state index in [-0.39, 0.29) is 5.91 Å². The number of alkyl halides is 1. The van der Waals surface area contributed by atoms with Crippen molar-refractivity contribution in [3.05, 3.63) is 35.4 Å². The molecule has 0 heterocycles. The van der Waals surface area contributed by atoms with Gasteiger partial charge in [0.15, 0.2) is 0 Å². The Hall–Kier alpha value is -0.830. The minimum absolute atomic E-state index is 0.189. The first-order chi connectivity index (χ1) is 8.91. The second-order valence-corrected chi connectivity index (χ2v) is 7.79. The smallest absolute Gasteiger partial charge is 0.239 e. The first-order valence-electron chi connectivity index (χ1n) is 6.99. The monoisotopic (exact) mass is 323 g/mol. The number of carbonyl (C=O) groups is 1. The zero-order valence-electron chi connectivity index (χ0n) is 11.9. The summed E-state index contributed by atoms with van der Waals surface area (Å²) in [4.78, 5) is 14.5. The Morgan fingerprint density at radius 3 is 2.21 bits per heavy atom. The van der Waals surface area contributed by atoms with Crippen molar-refractivity contribution in [1.82, 2.24) is 4.90 Å². The maximum atomic E-state index is 12.5. The highest BCUT2D eigenvalue weighted by Crippen LogP contribution is 2.32. The van der Waals surface area contributed by atoms with Gasteiger partial charge < -0.3 is 4.90 Å². The fraction of sp³-hybridized carbons (Fsp3) is 0.562. The van der Waals surface area contributed by atoms with Crippen molar-refractivity contribution in [2.75, 3.05) is 0 Å². The molecule has 0 bridgehead atoms. The summed E-state index contributed by atoms with van der Waals surface area (Å²) < 4.78 is -0.473. The van der Waals surface area contributed by atoms with Crippen LogP contribution in [0.5, 0.6) is 0 Å². The van der Waals surface area contributed by atoms with Crippen LogP contribution >= 0.6 is 15.9 Å². The summed E-state index contributed by atoms with van der Waals surface area (Å²) in [6.45, 7) is 6.72. The Morgan fingerprint density at radius 2 is 1.79 bits per heavy atom. The molecule has 1 fully saturated rings. The Morgan fingerprint density at radius 1 is 1.26 bits per heavy atom. The zero-order chi connectivity index (χ0) is 14.0. The molecule has 1 aliphatic carbocycles. The van der Waals surface area contributed by atoms with E-state index < -0.39 is 4.32 Å². The number of amides is 1. The summed E-state index contributed by atoms with van der Waals surface area (Å²) in [5, 5.41) is 0. The topological polar surface area (TPSA) is 20.3 Å². The van der Waals surface area contributed by atoms with Crippen LogP contribution in [-0.4, -0.2) is 21.2 Å². The van der Waals surface area contributed by atoms with Crippen molar-refractivity contribution in [2.45, 2.75) is 56.9 Å². The molecule has 2 nitrogen and oxygen atoms in total. The van der Waals surface area contributed by atoms with Crippen LogP contribution in [0.15, 0.2) is 24.3 Å². The van der Waals surface area contributed by atoms with Gasteiger partial charge in [0, 0.05) is 12.6 Å². The fourth-order valence-electron chi connectivity index (χ4n) is 2.17. The van der Waals surface area contributed by atoms with E-state index >= 15 is 0 Å². The summed E-state index contributed by atoms with van der Waals surface area (Å²) in [6, 6.07) is 9.04. The van der Waals surface area contributed by atoms with Gasteiger partial charge in [-0.3, -0.25) is 4.79 Å². The maximum Gasteiger partial charge on any atom is 0.239 e. The summed E-state index contributed by atoms with van der Waals surface area (Å²) >= 11 is 3.49. The van der Waals surface area contributed by atoms with Crippen LogP contribution in [0.2, 0.25) is 0 Å². The molecule has 0 aromatic heterocycles. The van der Waals surface area contributed by atoms with Gasteiger partial charge in [0.05, 0.1) is 4.32 Å². The first kappa shape index (κ1) is 14.6. The number of benzene rings is 1. The highest BCUT2D eigenvalue weighted by molar-refractivity contribution is 9.10. The standard InChI is InChI=1S/C16H22BrNO/c1-4-12-5-7-13(8-6-12)11-18(14-9-10-14)15(19)16(2,3)17/h5-8,14H,4,9-11H2,1-3H3. The van der Waals surface area contributed by atoms with E-state index in [0.717, 1.165) is 25.8 Å². The zero-order valence-corrected chi connectivity index (χ0v) is 13.5. The fourth-order valence-corrected chi connectivity index (χ4v) is 2.40. The molecule has 2 rings (SSSR count). The van der Waals surface area contributed by atoms with Gasteiger partial charge in [-0.2, -0.15) is 0 Å². The van der Waals surface area contributed by atoms with E-state index in [2.05, 4.69) is 47.1 Å². The molecule has 1 aromatic carbocycles. The largest absolute Gasteiger partial charge is 0.334 e.